The highest BCUT2D eigenvalue weighted by Gasteiger charge is 2.54. The third-order valence-corrected chi connectivity index (χ3v) is 6.10. The summed E-state index contributed by atoms with van der Waals surface area (Å²) in [4.78, 5) is 75.8. The van der Waals surface area contributed by atoms with Crippen LogP contribution in [-0.2, 0) is 47.7 Å². The van der Waals surface area contributed by atoms with E-state index in [0.717, 1.165) is 26.2 Å². The van der Waals surface area contributed by atoms with Crippen LogP contribution in [0.25, 0.3) is 0 Å². The monoisotopic (exact) mass is 707 g/mol. The van der Waals surface area contributed by atoms with E-state index in [1.807, 2.05) is 0 Å². The smallest absolute Gasteiger partial charge is 0.389 e. The number of halogens is 9. The summed E-state index contributed by atoms with van der Waals surface area (Å²) in [5, 5.41) is 0. The Morgan fingerprint density at radius 2 is 0.830 bits per heavy atom. The van der Waals surface area contributed by atoms with Crippen LogP contribution in [0.2, 0.25) is 0 Å². The molecule has 0 heterocycles. The third kappa shape index (κ3) is 18.2. The standard InChI is InChI=1S/C25H34F9N3O10/c1-5-35(8-19(41)44-2)16(38)6-36(7-17(39)37(9-20(42)45-3)10-21(43)46-4)18(40)11-47-15-22(12-23(26,27)28,13-24(29,30)31)14-25(32,33)34/h5-15H2,1-4H3. The Balaban J connectivity index is 6.40. The van der Waals surface area contributed by atoms with Crippen molar-refractivity contribution in [2.75, 3.05) is 73.8 Å². The fourth-order valence-electron chi connectivity index (χ4n) is 4.09. The van der Waals surface area contributed by atoms with Gasteiger partial charge in [-0.1, -0.05) is 0 Å². The number of alkyl halides is 9. The van der Waals surface area contributed by atoms with Crippen LogP contribution in [0.1, 0.15) is 26.2 Å². The summed E-state index contributed by atoms with van der Waals surface area (Å²) >= 11 is 0. The van der Waals surface area contributed by atoms with Gasteiger partial charge in [0.2, 0.25) is 17.7 Å². The van der Waals surface area contributed by atoms with Gasteiger partial charge in [0.05, 0.1) is 47.2 Å². The fraction of sp³-hybridized carbons (Fsp3) is 0.760. The van der Waals surface area contributed by atoms with Crippen molar-refractivity contribution in [1.29, 1.82) is 0 Å². The molecular formula is C25H34F9N3O10. The van der Waals surface area contributed by atoms with E-state index in [1.54, 1.807) is 0 Å². The lowest BCUT2D eigenvalue weighted by molar-refractivity contribution is -0.235. The normalized spacial score (nSPS) is 12.2. The highest BCUT2D eigenvalue weighted by molar-refractivity contribution is 5.92. The largest absolute Gasteiger partial charge is 0.468 e. The maximum Gasteiger partial charge on any atom is 0.389 e. The van der Waals surface area contributed by atoms with E-state index >= 15 is 0 Å². The van der Waals surface area contributed by atoms with Crippen molar-refractivity contribution in [2.45, 2.75) is 44.7 Å². The molecule has 22 heteroatoms. The van der Waals surface area contributed by atoms with Crippen LogP contribution < -0.4 is 0 Å². The molecule has 0 bridgehead atoms. The number of ether oxygens (including phenoxy) is 4. The molecule has 47 heavy (non-hydrogen) atoms. The molecule has 272 valence electrons. The van der Waals surface area contributed by atoms with Crippen molar-refractivity contribution < 1.29 is 87.2 Å². The number of carbonyl (C=O) groups is 6. The average molecular weight is 708 g/mol. The molecule has 0 fully saturated rings. The van der Waals surface area contributed by atoms with Crippen molar-refractivity contribution in [3.63, 3.8) is 0 Å². The molecule has 0 radical (unpaired) electrons. The van der Waals surface area contributed by atoms with Gasteiger partial charge >= 0.3 is 36.4 Å². The number of methoxy groups -OCH3 is 3. The molecule has 0 rings (SSSR count). The summed E-state index contributed by atoms with van der Waals surface area (Å²) in [5.41, 5.74) is -3.65. The fourth-order valence-corrected chi connectivity index (χ4v) is 4.09. The van der Waals surface area contributed by atoms with Crippen LogP contribution in [-0.4, -0.2) is 143 Å². The van der Waals surface area contributed by atoms with Gasteiger partial charge < -0.3 is 33.6 Å². The molecule has 0 aromatic carbocycles. The van der Waals surface area contributed by atoms with Crippen LogP contribution in [0, 0.1) is 5.41 Å². The summed E-state index contributed by atoms with van der Waals surface area (Å²) in [6.45, 7) is -6.92. The maximum atomic E-state index is 13.2. The molecule has 13 nitrogen and oxygen atoms in total. The number of hydrogen-bond donors (Lipinski definition) is 0. The molecule has 0 saturated carbocycles. The molecule has 0 N–H and O–H groups in total. The second kappa shape index (κ2) is 18.5. The molecule has 0 aliphatic rings. The Morgan fingerprint density at radius 1 is 0.511 bits per heavy atom. The zero-order chi connectivity index (χ0) is 36.8. The van der Waals surface area contributed by atoms with Crippen molar-refractivity contribution in [3.05, 3.63) is 0 Å². The highest BCUT2D eigenvalue weighted by Crippen LogP contribution is 2.48. The number of carbonyl (C=O) groups excluding carboxylic acids is 6. The lowest BCUT2D eigenvalue weighted by Gasteiger charge is -2.36. The predicted octanol–water partition coefficient (Wildman–Crippen LogP) is 1.87. The first kappa shape index (κ1) is 43.1. The van der Waals surface area contributed by atoms with Crippen LogP contribution in [0.4, 0.5) is 39.5 Å². The number of likely N-dealkylation sites (N-methyl/N-ethyl adjacent to an activating group) is 1. The van der Waals surface area contributed by atoms with Crippen molar-refractivity contribution in [1.82, 2.24) is 14.7 Å². The first-order chi connectivity index (χ1) is 21.4. The molecule has 0 spiro atoms. The minimum Gasteiger partial charge on any atom is -0.468 e. The first-order valence-corrected chi connectivity index (χ1v) is 13.2. The van der Waals surface area contributed by atoms with Gasteiger partial charge in [-0.25, -0.2) is 0 Å². The molecule has 0 aromatic rings. The number of hydrogen-bond acceptors (Lipinski definition) is 10. The van der Waals surface area contributed by atoms with E-state index in [2.05, 4.69) is 18.9 Å². The van der Waals surface area contributed by atoms with E-state index < -0.39 is 125 Å². The lowest BCUT2D eigenvalue weighted by atomic mass is 9.78. The van der Waals surface area contributed by atoms with Gasteiger partial charge in [0, 0.05) is 12.0 Å². The average Bonchev–Trinajstić information content (AvgIpc) is 2.91. The quantitative estimate of drug-likeness (QED) is 0.118. The van der Waals surface area contributed by atoms with E-state index in [0.29, 0.717) is 9.80 Å². The summed E-state index contributed by atoms with van der Waals surface area (Å²) < 4.78 is 137. The van der Waals surface area contributed by atoms with E-state index in [9.17, 15) is 68.3 Å². The Hall–Kier alpha value is -3.85. The van der Waals surface area contributed by atoms with Gasteiger partial charge in [0.1, 0.15) is 39.3 Å². The van der Waals surface area contributed by atoms with Gasteiger partial charge in [-0.15, -0.1) is 0 Å². The number of nitrogens with zero attached hydrogens (tertiary/aromatic N) is 3. The number of amides is 3. The Morgan fingerprint density at radius 3 is 1.15 bits per heavy atom. The first-order valence-electron chi connectivity index (χ1n) is 13.2. The van der Waals surface area contributed by atoms with Gasteiger partial charge in [-0.05, 0) is 6.92 Å². The van der Waals surface area contributed by atoms with Crippen LogP contribution in [0.3, 0.4) is 0 Å². The summed E-state index contributed by atoms with van der Waals surface area (Å²) in [6, 6.07) is 0. The zero-order valence-electron chi connectivity index (χ0n) is 25.6. The Kier molecular flexibility index (Phi) is 17.0. The Bertz CT molecular complexity index is 1040. The van der Waals surface area contributed by atoms with Gasteiger partial charge in [-0.3, -0.25) is 28.8 Å². The van der Waals surface area contributed by atoms with Gasteiger partial charge in [0.25, 0.3) is 0 Å². The summed E-state index contributed by atoms with van der Waals surface area (Å²) in [6.07, 6.45) is -24.4. The SMILES string of the molecule is CCN(CC(=O)OC)C(=O)CN(CC(=O)N(CC(=O)OC)CC(=O)OC)C(=O)COCC(CC(F)(F)F)(CC(F)(F)F)CC(F)(F)F. The van der Waals surface area contributed by atoms with Crippen LogP contribution in [0.5, 0.6) is 0 Å². The van der Waals surface area contributed by atoms with Crippen molar-refractivity contribution in [3.8, 4) is 0 Å². The van der Waals surface area contributed by atoms with Crippen LogP contribution in [0.15, 0.2) is 0 Å². The molecule has 0 aromatic heterocycles. The maximum absolute atomic E-state index is 13.2. The molecule has 0 aliphatic carbocycles. The minimum atomic E-state index is -5.53. The van der Waals surface area contributed by atoms with E-state index in [-0.39, 0.29) is 6.54 Å². The van der Waals surface area contributed by atoms with Crippen molar-refractivity contribution >= 4 is 35.6 Å². The molecule has 3 amide bonds. The van der Waals surface area contributed by atoms with E-state index in [1.165, 1.54) is 6.92 Å². The summed E-state index contributed by atoms with van der Waals surface area (Å²) in [7, 11) is 2.83. The molecule has 0 saturated heterocycles. The molecule has 0 atom stereocenters. The highest BCUT2D eigenvalue weighted by atomic mass is 19.4. The molecule has 0 unspecified atom stereocenters. The summed E-state index contributed by atoms with van der Waals surface area (Å²) in [5.74, 6) is -6.83. The second-order valence-corrected chi connectivity index (χ2v) is 10.0. The number of esters is 3. The second-order valence-electron chi connectivity index (χ2n) is 10.0. The topological polar surface area (TPSA) is 149 Å². The lowest BCUT2D eigenvalue weighted by Crippen LogP contribution is -2.51. The van der Waals surface area contributed by atoms with Gasteiger partial charge in [-0.2, -0.15) is 39.5 Å². The zero-order valence-corrected chi connectivity index (χ0v) is 25.6. The minimum absolute atomic E-state index is 0.175. The predicted molar refractivity (Wildman–Crippen MR) is 137 cm³/mol. The van der Waals surface area contributed by atoms with Crippen molar-refractivity contribution in [2.24, 2.45) is 5.41 Å². The van der Waals surface area contributed by atoms with Crippen LogP contribution >= 0.6 is 0 Å². The molecular weight excluding hydrogens is 673 g/mol. The van der Waals surface area contributed by atoms with E-state index in [4.69, 9.17) is 0 Å². The number of rotatable bonds is 18. The third-order valence-electron chi connectivity index (χ3n) is 6.10. The van der Waals surface area contributed by atoms with Gasteiger partial charge in [0.15, 0.2) is 0 Å². The molecule has 0 aliphatic heterocycles. The Labute approximate surface area is 262 Å².